The lowest BCUT2D eigenvalue weighted by molar-refractivity contribution is 0.200. The molecule has 1 N–H and O–H groups in total. The SMILES string of the molecule is Cc1ccccc1-n1cc(CN(C)C(=O)N[C@@H](CC(C)C)c2cccnc2)cn1. The largest absolute Gasteiger partial charge is 0.331 e. The van der Waals surface area contributed by atoms with Gasteiger partial charge in [0.25, 0.3) is 0 Å². The molecule has 2 heterocycles. The number of rotatable bonds is 7. The summed E-state index contributed by atoms with van der Waals surface area (Å²) in [6.07, 6.45) is 8.20. The molecule has 3 rings (SSSR count). The van der Waals surface area contributed by atoms with E-state index in [1.165, 1.54) is 0 Å². The van der Waals surface area contributed by atoms with E-state index in [0.717, 1.165) is 28.8 Å². The highest BCUT2D eigenvalue weighted by molar-refractivity contribution is 5.74. The van der Waals surface area contributed by atoms with Crippen LogP contribution in [0.3, 0.4) is 0 Å². The van der Waals surface area contributed by atoms with Crippen LogP contribution in [0, 0.1) is 12.8 Å². The fraction of sp³-hybridized carbons (Fsp3) is 0.348. The third-order valence-corrected chi connectivity index (χ3v) is 4.86. The summed E-state index contributed by atoms with van der Waals surface area (Å²) in [5, 5.41) is 7.61. The molecule has 0 unspecified atom stereocenters. The van der Waals surface area contributed by atoms with Gasteiger partial charge in [-0.05, 0) is 42.5 Å². The molecular formula is C23H29N5O. The highest BCUT2D eigenvalue weighted by Gasteiger charge is 2.19. The van der Waals surface area contributed by atoms with E-state index in [0.29, 0.717) is 12.5 Å². The summed E-state index contributed by atoms with van der Waals surface area (Å²) < 4.78 is 1.85. The van der Waals surface area contributed by atoms with Gasteiger partial charge in [0.1, 0.15) is 0 Å². The van der Waals surface area contributed by atoms with E-state index < -0.39 is 0 Å². The lowest BCUT2D eigenvalue weighted by atomic mass is 9.98. The molecule has 0 saturated carbocycles. The van der Waals surface area contributed by atoms with E-state index in [-0.39, 0.29) is 12.1 Å². The molecule has 2 amide bonds. The van der Waals surface area contributed by atoms with Gasteiger partial charge in [-0.1, -0.05) is 38.1 Å². The molecule has 0 aliphatic carbocycles. The van der Waals surface area contributed by atoms with Gasteiger partial charge < -0.3 is 10.2 Å². The molecule has 1 aromatic carbocycles. The van der Waals surface area contributed by atoms with Crippen LogP contribution in [0.2, 0.25) is 0 Å². The van der Waals surface area contributed by atoms with Crippen molar-refractivity contribution in [2.24, 2.45) is 5.92 Å². The van der Waals surface area contributed by atoms with Gasteiger partial charge in [-0.25, -0.2) is 9.48 Å². The van der Waals surface area contributed by atoms with Gasteiger partial charge in [0.05, 0.1) is 24.5 Å². The molecule has 0 spiro atoms. The summed E-state index contributed by atoms with van der Waals surface area (Å²) in [4.78, 5) is 18.7. The van der Waals surface area contributed by atoms with Crippen LogP contribution < -0.4 is 5.32 Å². The van der Waals surface area contributed by atoms with Crippen molar-refractivity contribution in [1.29, 1.82) is 0 Å². The predicted octanol–water partition coefficient (Wildman–Crippen LogP) is 4.50. The number of benzene rings is 1. The molecular weight excluding hydrogens is 362 g/mol. The molecule has 6 nitrogen and oxygen atoms in total. The van der Waals surface area contributed by atoms with E-state index in [9.17, 15) is 4.79 Å². The van der Waals surface area contributed by atoms with Crippen LogP contribution in [-0.4, -0.2) is 32.7 Å². The van der Waals surface area contributed by atoms with Gasteiger partial charge in [-0.2, -0.15) is 5.10 Å². The minimum absolute atomic E-state index is 0.0617. The van der Waals surface area contributed by atoms with Crippen LogP contribution in [0.5, 0.6) is 0 Å². The summed E-state index contributed by atoms with van der Waals surface area (Å²) in [6, 6.07) is 11.8. The van der Waals surface area contributed by atoms with Crippen LogP contribution in [0.25, 0.3) is 5.69 Å². The third kappa shape index (κ3) is 5.44. The van der Waals surface area contributed by atoms with Crippen molar-refractivity contribution >= 4 is 6.03 Å². The molecule has 0 bridgehead atoms. The third-order valence-electron chi connectivity index (χ3n) is 4.86. The molecule has 6 heteroatoms. The molecule has 0 saturated heterocycles. The molecule has 152 valence electrons. The number of aromatic nitrogens is 3. The number of nitrogens with one attached hydrogen (secondary N) is 1. The fourth-order valence-electron chi connectivity index (χ4n) is 3.33. The van der Waals surface area contributed by atoms with Gasteiger partial charge >= 0.3 is 6.03 Å². The molecule has 0 radical (unpaired) electrons. The van der Waals surface area contributed by atoms with Crippen LogP contribution >= 0.6 is 0 Å². The summed E-state index contributed by atoms with van der Waals surface area (Å²) in [6.45, 7) is 6.85. The maximum Gasteiger partial charge on any atom is 0.317 e. The quantitative estimate of drug-likeness (QED) is 0.645. The molecule has 0 aliphatic rings. The molecule has 0 fully saturated rings. The summed E-state index contributed by atoms with van der Waals surface area (Å²) in [7, 11) is 1.80. The molecule has 1 atom stereocenters. The second-order valence-corrected chi connectivity index (χ2v) is 7.85. The van der Waals surface area contributed by atoms with Crippen molar-refractivity contribution in [1.82, 2.24) is 25.0 Å². The van der Waals surface area contributed by atoms with Gasteiger partial charge in [0.2, 0.25) is 0 Å². The average molecular weight is 392 g/mol. The first-order valence-corrected chi connectivity index (χ1v) is 9.95. The number of aryl methyl sites for hydroxylation is 1. The van der Waals surface area contributed by atoms with E-state index >= 15 is 0 Å². The number of amides is 2. The minimum atomic E-state index is -0.108. The molecule has 2 aromatic heterocycles. The number of hydrogen-bond acceptors (Lipinski definition) is 3. The van der Waals surface area contributed by atoms with Crippen molar-refractivity contribution in [3.63, 3.8) is 0 Å². The Morgan fingerprint density at radius 1 is 1.17 bits per heavy atom. The zero-order valence-electron chi connectivity index (χ0n) is 17.5. The van der Waals surface area contributed by atoms with Gasteiger partial charge in [-0.15, -0.1) is 0 Å². The molecule has 0 aliphatic heterocycles. The molecule has 3 aromatic rings. The van der Waals surface area contributed by atoms with E-state index in [2.05, 4.69) is 42.2 Å². The summed E-state index contributed by atoms with van der Waals surface area (Å²) in [5.74, 6) is 0.457. The summed E-state index contributed by atoms with van der Waals surface area (Å²) >= 11 is 0. The summed E-state index contributed by atoms with van der Waals surface area (Å²) in [5.41, 5.74) is 4.20. The number of hydrogen-bond donors (Lipinski definition) is 1. The lowest BCUT2D eigenvalue weighted by Crippen LogP contribution is -2.39. The average Bonchev–Trinajstić information content (AvgIpc) is 3.16. The standard InChI is InChI=1S/C23H29N5O/c1-17(2)12-21(20-9-7-11-24-14-20)26-23(29)27(4)15-19-13-25-28(16-19)22-10-6-5-8-18(22)3/h5-11,13-14,16-17,21H,12,15H2,1-4H3,(H,26,29)/t21-/m0/s1. The Balaban J connectivity index is 1.66. The van der Waals surface area contributed by atoms with Crippen LogP contribution in [-0.2, 0) is 6.54 Å². The Bertz CT molecular complexity index is 935. The monoisotopic (exact) mass is 391 g/mol. The van der Waals surface area contributed by atoms with E-state index in [1.54, 1.807) is 18.1 Å². The predicted molar refractivity (Wildman–Crippen MR) is 115 cm³/mol. The zero-order valence-corrected chi connectivity index (χ0v) is 17.5. The number of carbonyl (C=O) groups is 1. The van der Waals surface area contributed by atoms with Gasteiger partial charge in [0.15, 0.2) is 0 Å². The van der Waals surface area contributed by atoms with Crippen molar-refractivity contribution < 1.29 is 4.79 Å². The Labute approximate surface area is 172 Å². The Kier molecular flexibility index (Phi) is 6.65. The normalized spacial score (nSPS) is 12.0. The maximum absolute atomic E-state index is 12.8. The van der Waals surface area contributed by atoms with Crippen molar-refractivity contribution in [3.8, 4) is 5.69 Å². The van der Waals surface area contributed by atoms with Crippen LogP contribution in [0.1, 0.15) is 43.0 Å². The fourth-order valence-corrected chi connectivity index (χ4v) is 3.33. The van der Waals surface area contributed by atoms with Gasteiger partial charge in [-0.3, -0.25) is 4.98 Å². The van der Waals surface area contributed by atoms with Gasteiger partial charge in [0, 0.05) is 31.2 Å². The maximum atomic E-state index is 12.8. The smallest absolute Gasteiger partial charge is 0.317 e. The Hall–Kier alpha value is -3.15. The van der Waals surface area contributed by atoms with Crippen molar-refractivity contribution in [3.05, 3.63) is 77.9 Å². The highest BCUT2D eigenvalue weighted by atomic mass is 16.2. The number of pyridine rings is 1. The first-order chi connectivity index (χ1) is 13.9. The first kappa shape index (κ1) is 20.6. The van der Waals surface area contributed by atoms with Crippen molar-refractivity contribution in [2.45, 2.75) is 39.8 Å². The highest BCUT2D eigenvalue weighted by Crippen LogP contribution is 2.21. The second-order valence-electron chi connectivity index (χ2n) is 7.85. The number of para-hydroxylation sites is 1. The van der Waals surface area contributed by atoms with E-state index in [4.69, 9.17) is 0 Å². The zero-order chi connectivity index (χ0) is 20.8. The number of nitrogens with zero attached hydrogens (tertiary/aromatic N) is 4. The molecule has 29 heavy (non-hydrogen) atoms. The topological polar surface area (TPSA) is 63.1 Å². The number of urea groups is 1. The van der Waals surface area contributed by atoms with Crippen LogP contribution in [0.15, 0.2) is 61.2 Å². The lowest BCUT2D eigenvalue weighted by Gasteiger charge is -2.24. The Morgan fingerprint density at radius 3 is 2.66 bits per heavy atom. The number of carbonyl (C=O) groups excluding carboxylic acids is 1. The van der Waals surface area contributed by atoms with Crippen molar-refractivity contribution in [2.75, 3.05) is 7.05 Å². The minimum Gasteiger partial charge on any atom is -0.331 e. The van der Waals surface area contributed by atoms with E-state index in [1.807, 2.05) is 53.6 Å². The second kappa shape index (κ2) is 9.37. The Morgan fingerprint density at radius 2 is 1.97 bits per heavy atom. The van der Waals surface area contributed by atoms with Crippen LogP contribution in [0.4, 0.5) is 4.79 Å². The first-order valence-electron chi connectivity index (χ1n) is 9.95.